The zero-order valence-electron chi connectivity index (χ0n) is 9.91. The van der Waals surface area contributed by atoms with Gasteiger partial charge in [0.05, 0.1) is 10.6 Å². The molecular weight excluding hydrogens is 347 g/mol. The normalized spacial score (nSPS) is 11.3. The molecule has 0 aliphatic carbocycles. The number of nitrogens with zero attached hydrogens (tertiary/aromatic N) is 1. The molecule has 0 unspecified atom stereocenters. The molecule has 0 saturated carbocycles. The van der Waals surface area contributed by atoms with Crippen molar-refractivity contribution in [1.29, 1.82) is 0 Å². The quantitative estimate of drug-likeness (QED) is 0.499. The van der Waals surface area contributed by atoms with Crippen LogP contribution in [0, 0.1) is 15.9 Å². The molecule has 2 aromatic rings. The molecule has 0 fully saturated rings. The second-order valence-corrected chi connectivity index (χ2v) is 7.32. The number of hydrogen-bond donors (Lipinski definition) is 2. The molecule has 0 radical (unpaired) electrons. The highest BCUT2D eigenvalue weighted by Crippen LogP contribution is 2.37. The van der Waals surface area contributed by atoms with E-state index in [9.17, 15) is 22.9 Å². The minimum atomic E-state index is -4.15. The van der Waals surface area contributed by atoms with Gasteiger partial charge in [0, 0.05) is 12.1 Å². The smallest absolute Gasteiger partial charge is 0.300 e. The van der Waals surface area contributed by atoms with E-state index in [1.807, 2.05) is 4.72 Å². The molecular formula is C10H6ClFN2O5S2. The Balaban J connectivity index is 2.36. The van der Waals surface area contributed by atoms with Crippen LogP contribution < -0.4 is 4.72 Å². The number of anilines is 1. The van der Waals surface area contributed by atoms with Crippen LogP contribution in [0.25, 0.3) is 0 Å². The summed E-state index contributed by atoms with van der Waals surface area (Å²) in [4.78, 5) is 9.83. The fraction of sp³-hybridized carbons (Fsp3) is 0. The third kappa shape index (κ3) is 3.23. The molecule has 0 atom stereocenters. The highest BCUT2D eigenvalue weighted by molar-refractivity contribution is 7.94. The first kappa shape index (κ1) is 15.5. The van der Waals surface area contributed by atoms with Crippen molar-refractivity contribution in [3.8, 4) is 5.75 Å². The third-order valence-corrected chi connectivity index (χ3v) is 5.50. The van der Waals surface area contributed by atoms with Crippen LogP contribution in [0.4, 0.5) is 15.8 Å². The van der Waals surface area contributed by atoms with Crippen LogP contribution in [0.1, 0.15) is 0 Å². The van der Waals surface area contributed by atoms with Crippen molar-refractivity contribution < 1.29 is 22.8 Å². The Labute approximate surface area is 126 Å². The lowest BCUT2D eigenvalue weighted by molar-refractivity contribution is -0.384. The minimum absolute atomic E-state index is 0.141. The topological polar surface area (TPSA) is 110 Å². The van der Waals surface area contributed by atoms with Crippen LogP contribution in [-0.2, 0) is 10.0 Å². The molecule has 0 aliphatic rings. The number of hydrogen-bond acceptors (Lipinski definition) is 6. The number of rotatable bonds is 4. The first-order chi connectivity index (χ1) is 9.70. The van der Waals surface area contributed by atoms with Crippen LogP contribution in [0.5, 0.6) is 5.75 Å². The van der Waals surface area contributed by atoms with Gasteiger partial charge in [-0.15, -0.1) is 11.3 Å². The molecule has 0 spiro atoms. The van der Waals surface area contributed by atoms with Crippen molar-refractivity contribution in [2.45, 2.75) is 4.21 Å². The van der Waals surface area contributed by atoms with Gasteiger partial charge in [-0.3, -0.25) is 14.8 Å². The molecule has 1 heterocycles. The number of thiophene rings is 1. The molecule has 0 saturated heterocycles. The average Bonchev–Trinajstić information content (AvgIpc) is 2.77. The largest absolute Gasteiger partial charge is 0.505 e. The van der Waals surface area contributed by atoms with E-state index >= 15 is 0 Å². The molecule has 21 heavy (non-hydrogen) atoms. The van der Waals surface area contributed by atoms with Crippen LogP contribution in [-0.4, -0.2) is 18.4 Å². The highest BCUT2D eigenvalue weighted by atomic mass is 35.5. The van der Waals surface area contributed by atoms with E-state index in [1.165, 1.54) is 0 Å². The Morgan fingerprint density at radius 3 is 2.57 bits per heavy atom. The molecule has 112 valence electrons. The van der Waals surface area contributed by atoms with Crippen molar-refractivity contribution in [2.24, 2.45) is 0 Å². The van der Waals surface area contributed by atoms with Gasteiger partial charge in [-0.25, -0.2) is 12.8 Å². The number of sulfonamides is 1. The summed E-state index contributed by atoms with van der Waals surface area (Å²) in [5.41, 5.74) is -0.670. The Hall–Kier alpha value is -1.91. The summed E-state index contributed by atoms with van der Waals surface area (Å²) in [6, 6.07) is 3.69. The maximum Gasteiger partial charge on any atom is 0.300 e. The first-order valence-electron chi connectivity index (χ1n) is 5.16. The number of halogens is 2. The number of benzene rings is 1. The highest BCUT2D eigenvalue weighted by Gasteiger charge is 2.25. The van der Waals surface area contributed by atoms with Gasteiger partial charge in [0.1, 0.15) is 4.21 Å². The van der Waals surface area contributed by atoms with Gasteiger partial charge in [0.15, 0.2) is 15.9 Å². The zero-order valence-corrected chi connectivity index (χ0v) is 12.3. The Morgan fingerprint density at radius 2 is 2.05 bits per heavy atom. The van der Waals surface area contributed by atoms with E-state index < -0.39 is 32.2 Å². The summed E-state index contributed by atoms with van der Waals surface area (Å²) in [6.45, 7) is 0. The fourth-order valence-corrected chi connectivity index (χ4v) is 4.09. The molecule has 0 amide bonds. The van der Waals surface area contributed by atoms with E-state index in [-0.39, 0.29) is 14.2 Å². The van der Waals surface area contributed by atoms with Gasteiger partial charge in [0.2, 0.25) is 0 Å². The van der Waals surface area contributed by atoms with E-state index in [2.05, 4.69) is 0 Å². The molecule has 11 heteroatoms. The lowest BCUT2D eigenvalue weighted by Gasteiger charge is -2.06. The predicted octanol–water partition coefficient (Wildman–Crippen LogP) is 2.96. The number of nitrogens with one attached hydrogen (secondary N) is 1. The van der Waals surface area contributed by atoms with Gasteiger partial charge in [0.25, 0.3) is 15.7 Å². The Kier molecular flexibility index (Phi) is 4.03. The zero-order chi connectivity index (χ0) is 15.8. The van der Waals surface area contributed by atoms with Crippen molar-refractivity contribution in [1.82, 2.24) is 0 Å². The standard InChI is InChI=1S/C10H6ClFN2O5S2/c11-10-7(14(16)17)4-9(20-10)21(18,19)13-5-1-2-8(15)6(12)3-5/h1-4,13,15H. The van der Waals surface area contributed by atoms with Gasteiger partial charge < -0.3 is 5.11 Å². The second-order valence-electron chi connectivity index (χ2n) is 3.75. The number of phenols is 1. The van der Waals surface area contributed by atoms with Crippen LogP contribution in [0.15, 0.2) is 28.5 Å². The fourth-order valence-electron chi connectivity index (χ4n) is 1.37. The van der Waals surface area contributed by atoms with Crippen LogP contribution in [0.3, 0.4) is 0 Å². The predicted molar refractivity (Wildman–Crippen MR) is 74.9 cm³/mol. The molecule has 0 bridgehead atoms. The molecule has 7 nitrogen and oxygen atoms in total. The minimum Gasteiger partial charge on any atom is -0.505 e. The molecule has 0 aliphatic heterocycles. The maximum absolute atomic E-state index is 13.1. The maximum atomic E-state index is 13.1. The van der Waals surface area contributed by atoms with Gasteiger partial charge in [-0.1, -0.05) is 11.6 Å². The Bertz CT molecular complexity index is 821. The summed E-state index contributed by atoms with van der Waals surface area (Å²) in [6.07, 6.45) is 0. The molecule has 1 aromatic carbocycles. The van der Waals surface area contributed by atoms with E-state index in [1.54, 1.807) is 0 Å². The van der Waals surface area contributed by atoms with Crippen molar-refractivity contribution in [3.63, 3.8) is 0 Å². The summed E-state index contributed by atoms with van der Waals surface area (Å²) < 4.78 is 38.5. The summed E-state index contributed by atoms with van der Waals surface area (Å²) >= 11 is 6.09. The number of phenolic OH excluding ortho intramolecular Hbond substituents is 1. The van der Waals surface area contributed by atoms with Gasteiger partial charge in [-0.05, 0) is 12.1 Å². The molecule has 1 aromatic heterocycles. The van der Waals surface area contributed by atoms with Gasteiger partial charge >= 0.3 is 0 Å². The second kappa shape index (κ2) is 5.47. The lowest BCUT2D eigenvalue weighted by atomic mass is 10.3. The summed E-state index contributed by atoms with van der Waals surface area (Å²) in [5, 5.41) is 19.7. The summed E-state index contributed by atoms with van der Waals surface area (Å²) in [7, 11) is -4.15. The van der Waals surface area contributed by atoms with E-state index in [0.29, 0.717) is 11.3 Å². The lowest BCUT2D eigenvalue weighted by Crippen LogP contribution is -2.11. The van der Waals surface area contributed by atoms with Crippen molar-refractivity contribution in [3.05, 3.63) is 44.5 Å². The van der Waals surface area contributed by atoms with Crippen molar-refractivity contribution >= 4 is 44.3 Å². The Morgan fingerprint density at radius 1 is 1.38 bits per heavy atom. The van der Waals surface area contributed by atoms with Crippen LogP contribution in [0.2, 0.25) is 4.34 Å². The van der Waals surface area contributed by atoms with Crippen LogP contribution >= 0.6 is 22.9 Å². The summed E-state index contributed by atoms with van der Waals surface area (Å²) in [5.74, 6) is -1.64. The number of nitro groups is 1. The third-order valence-electron chi connectivity index (χ3n) is 2.31. The average molecular weight is 353 g/mol. The first-order valence-corrected chi connectivity index (χ1v) is 7.83. The van der Waals surface area contributed by atoms with Gasteiger partial charge in [-0.2, -0.15) is 0 Å². The SMILES string of the molecule is O=[N+]([O-])c1cc(S(=O)(=O)Nc2ccc(O)c(F)c2)sc1Cl. The number of aromatic hydroxyl groups is 1. The monoisotopic (exact) mass is 352 g/mol. The van der Waals surface area contributed by atoms with E-state index in [4.69, 9.17) is 16.7 Å². The molecule has 2 N–H and O–H groups in total. The molecule has 2 rings (SSSR count). The van der Waals surface area contributed by atoms with E-state index in [0.717, 1.165) is 24.3 Å². The van der Waals surface area contributed by atoms with Crippen molar-refractivity contribution in [2.75, 3.05) is 4.72 Å².